The van der Waals surface area contributed by atoms with E-state index in [-0.39, 0.29) is 24.2 Å². The second-order valence-electron chi connectivity index (χ2n) is 6.65. The minimum Gasteiger partial charge on any atom is -0.379 e. The van der Waals surface area contributed by atoms with Crippen LogP contribution in [0.3, 0.4) is 0 Å². The Labute approximate surface area is 116 Å². The predicted molar refractivity (Wildman–Crippen MR) is 75.7 cm³/mol. The summed E-state index contributed by atoms with van der Waals surface area (Å²) in [7, 11) is 0. The molecule has 0 aromatic rings. The standard InChI is InChI=1S/C15H28N2O2/c1-10(2)8-13-15(18)17(14(16-13)11(3)4)12-6-5-7-19-9-12/h10-14,16H,5-9H2,1-4H3. The van der Waals surface area contributed by atoms with Crippen molar-refractivity contribution in [2.45, 2.75) is 65.2 Å². The number of carbonyl (C=O) groups excluding carboxylic acids is 1. The monoisotopic (exact) mass is 268 g/mol. The van der Waals surface area contributed by atoms with Gasteiger partial charge in [-0.1, -0.05) is 27.7 Å². The van der Waals surface area contributed by atoms with Crippen molar-refractivity contribution in [3.63, 3.8) is 0 Å². The number of hydrogen-bond donors (Lipinski definition) is 1. The first kappa shape index (κ1) is 14.8. The van der Waals surface area contributed by atoms with Gasteiger partial charge in [0, 0.05) is 6.61 Å². The quantitative estimate of drug-likeness (QED) is 0.848. The molecule has 4 heteroatoms. The molecule has 0 saturated carbocycles. The maximum absolute atomic E-state index is 12.7. The van der Waals surface area contributed by atoms with Gasteiger partial charge in [-0.3, -0.25) is 10.1 Å². The number of nitrogens with one attached hydrogen (secondary N) is 1. The van der Waals surface area contributed by atoms with Gasteiger partial charge in [-0.2, -0.15) is 0 Å². The molecule has 2 heterocycles. The van der Waals surface area contributed by atoms with Gasteiger partial charge in [-0.25, -0.2) is 0 Å². The van der Waals surface area contributed by atoms with Crippen LogP contribution in [-0.4, -0.2) is 42.3 Å². The molecular formula is C15H28N2O2. The van der Waals surface area contributed by atoms with Crippen LogP contribution in [0, 0.1) is 11.8 Å². The molecular weight excluding hydrogens is 240 g/mol. The lowest BCUT2D eigenvalue weighted by molar-refractivity contribution is -0.136. The summed E-state index contributed by atoms with van der Waals surface area (Å²) in [5.74, 6) is 1.25. The molecule has 2 aliphatic heterocycles. The first-order valence-electron chi connectivity index (χ1n) is 7.66. The summed E-state index contributed by atoms with van der Waals surface area (Å²) in [5, 5.41) is 3.54. The van der Waals surface area contributed by atoms with Gasteiger partial charge in [-0.15, -0.1) is 0 Å². The fraction of sp³-hybridized carbons (Fsp3) is 0.933. The summed E-state index contributed by atoms with van der Waals surface area (Å²) in [5.41, 5.74) is 0. The molecule has 0 bridgehead atoms. The van der Waals surface area contributed by atoms with Crippen LogP contribution in [0.15, 0.2) is 0 Å². The van der Waals surface area contributed by atoms with E-state index in [1.54, 1.807) is 0 Å². The van der Waals surface area contributed by atoms with Crippen LogP contribution in [0.5, 0.6) is 0 Å². The molecule has 1 N–H and O–H groups in total. The number of amides is 1. The highest BCUT2D eigenvalue weighted by atomic mass is 16.5. The topological polar surface area (TPSA) is 41.6 Å². The van der Waals surface area contributed by atoms with Gasteiger partial charge in [0.05, 0.1) is 24.9 Å². The Hall–Kier alpha value is -0.610. The SMILES string of the molecule is CC(C)CC1NC(C(C)C)N(C2CCCOC2)C1=O. The number of nitrogens with zero attached hydrogens (tertiary/aromatic N) is 1. The van der Waals surface area contributed by atoms with Gasteiger partial charge < -0.3 is 9.64 Å². The van der Waals surface area contributed by atoms with E-state index in [0.29, 0.717) is 18.4 Å². The zero-order valence-electron chi connectivity index (χ0n) is 12.7. The number of rotatable bonds is 4. The van der Waals surface area contributed by atoms with Crippen molar-refractivity contribution in [3.8, 4) is 0 Å². The molecule has 2 saturated heterocycles. The lowest BCUT2D eigenvalue weighted by Gasteiger charge is -2.36. The average molecular weight is 268 g/mol. The number of hydrogen-bond acceptors (Lipinski definition) is 3. The van der Waals surface area contributed by atoms with Crippen molar-refractivity contribution in [2.75, 3.05) is 13.2 Å². The summed E-state index contributed by atoms with van der Waals surface area (Å²) < 4.78 is 5.57. The Balaban J connectivity index is 2.10. The fourth-order valence-electron chi connectivity index (χ4n) is 3.18. The van der Waals surface area contributed by atoms with Crippen LogP contribution in [0.4, 0.5) is 0 Å². The van der Waals surface area contributed by atoms with E-state index >= 15 is 0 Å². The fourth-order valence-corrected chi connectivity index (χ4v) is 3.18. The van der Waals surface area contributed by atoms with Crippen molar-refractivity contribution in [1.82, 2.24) is 10.2 Å². The predicted octanol–water partition coefficient (Wildman–Crippen LogP) is 1.99. The molecule has 3 atom stereocenters. The zero-order valence-corrected chi connectivity index (χ0v) is 12.7. The van der Waals surface area contributed by atoms with Gasteiger partial charge >= 0.3 is 0 Å². The first-order chi connectivity index (χ1) is 9.00. The van der Waals surface area contributed by atoms with Crippen molar-refractivity contribution in [1.29, 1.82) is 0 Å². The van der Waals surface area contributed by atoms with Gasteiger partial charge in [0.15, 0.2) is 0 Å². The van der Waals surface area contributed by atoms with E-state index < -0.39 is 0 Å². The third-order valence-electron chi connectivity index (χ3n) is 4.09. The van der Waals surface area contributed by atoms with Crippen LogP contribution >= 0.6 is 0 Å². The second kappa shape index (κ2) is 6.23. The molecule has 2 rings (SSSR count). The third kappa shape index (κ3) is 3.29. The van der Waals surface area contributed by atoms with Crippen LogP contribution in [0.25, 0.3) is 0 Å². The van der Waals surface area contributed by atoms with Gasteiger partial charge in [0.25, 0.3) is 0 Å². The van der Waals surface area contributed by atoms with E-state index in [0.717, 1.165) is 25.9 Å². The third-order valence-corrected chi connectivity index (χ3v) is 4.09. The Kier molecular flexibility index (Phi) is 4.85. The van der Waals surface area contributed by atoms with Gasteiger partial charge in [0.1, 0.15) is 0 Å². The Morgan fingerprint density at radius 2 is 2.11 bits per heavy atom. The highest BCUT2D eigenvalue weighted by Gasteiger charge is 2.43. The Bertz CT molecular complexity index is 311. The van der Waals surface area contributed by atoms with Crippen LogP contribution < -0.4 is 5.32 Å². The lowest BCUT2D eigenvalue weighted by Crippen LogP contribution is -2.50. The lowest BCUT2D eigenvalue weighted by atomic mass is 10.0. The molecule has 4 nitrogen and oxygen atoms in total. The minimum atomic E-state index is -0.00525. The maximum Gasteiger partial charge on any atom is 0.241 e. The number of carbonyl (C=O) groups is 1. The highest BCUT2D eigenvalue weighted by molar-refractivity contribution is 5.84. The largest absolute Gasteiger partial charge is 0.379 e. The van der Waals surface area contributed by atoms with Crippen LogP contribution in [0.2, 0.25) is 0 Å². The van der Waals surface area contributed by atoms with Crippen molar-refractivity contribution < 1.29 is 9.53 Å². The van der Waals surface area contributed by atoms with Crippen molar-refractivity contribution in [3.05, 3.63) is 0 Å². The van der Waals surface area contributed by atoms with E-state index in [9.17, 15) is 4.79 Å². The summed E-state index contributed by atoms with van der Waals surface area (Å²) >= 11 is 0. The van der Waals surface area contributed by atoms with E-state index in [4.69, 9.17) is 4.74 Å². The normalized spacial score (nSPS) is 32.6. The molecule has 0 aromatic heterocycles. The Morgan fingerprint density at radius 3 is 2.63 bits per heavy atom. The average Bonchev–Trinajstić information content (AvgIpc) is 2.67. The summed E-state index contributed by atoms with van der Waals surface area (Å²) in [6.07, 6.45) is 3.23. The van der Waals surface area contributed by atoms with Crippen LogP contribution in [0.1, 0.15) is 47.0 Å². The molecule has 0 aromatic carbocycles. The smallest absolute Gasteiger partial charge is 0.241 e. The molecule has 110 valence electrons. The minimum absolute atomic E-state index is 0.00525. The molecule has 2 aliphatic rings. The van der Waals surface area contributed by atoms with E-state index in [2.05, 4.69) is 37.9 Å². The summed E-state index contributed by atoms with van der Waals surface area (Å²) in [6.45, 7) is 10.2. The molecule has 2 fully saturated rings. The first-order valence-corrected chi connectivity index (χ1v) is 7.66. The van der Waals surface area contributed by atoms with Crippen molar-refractivity contribution >= 4 is 5.91 Å². The maximum atomic E-state index is 12.7. The van der Waals surface area contributed by atoms with Gasteiger partial charge in [-0.05, 0) is 31.1 Å². The Morgan fingerprint density at radius 1 is 1.37 bits per heavy atom. The van der Waals surface area contributed by atoms with Crippen LogP contribution in [-0.2, 0) is 9.53 Å². The molecule has 19 heavy (non-hydrogen) atoms. The molecule has 0 aliphatic carbocycles. The number of ether oxygens (including phenoxy) is 1. The molecule has 3 unspecified atom stereocenters. The zero-order chi connectivity index (χ0) is 14.0. The summed E-state index contributed by atoms with van der Waals surface area (Å²) in [4.78, 5) is 14.7. The molecule has 0 radical (unpaired) electrons. The second-order valence-corrected chi connectivity index (χ2v) is 6.65. The molecule has 0 spiro atoms. The van der Waals surface area contributed by atoms with Gasteiger partial charge in [0.2, 0.25) is 5.91 Å². The van der Waals surface area contributed by atoms with Crippen molar-refractivity contribution in [2.24, 2.45) is 11.8 Å². The van der Waals surface area contributed by atoms with E-state index in [1.165, 1.54) is 0 Å². The molecule has 1 amide bonds. The highest BCUT2D eigenvalue weighted by Crippen LogP contribution is 2.26. The van der Waals surface area contributed by atoms with E-state index in [1.807, 2.05) is 0 Å². The summed E-state index contributed by atoms with van der Waals surface area (Å²) in [6, 6.07) is 0.257.